The molecule has 2 N–H and O–H groups in total. The van der Waals surface area contributed by atoms with E-state index >= 15 is 0 Å². The third-order valence-electron chi connectivity index (χ3n) is 8.54. The Kier molecular flexibility index (Phi) is 14.2. The van der Waals surface area contributed by atoms with E-state index in [0.29, 0.717) is 13.0 Å². The zero-order chi connectivity index (χ0) is 30.7. The highest BCUT2D eigenvalue weighted by Gasteiger charge is 2.42. The summed E-state index contributed by atoms with van der Waals surface area (Å²) in [5, 5.41) is 13.3. The van der Waals surface area contributed by atoms with Gasteiger partial charge in [-0.15, -0.1) is 0 Å². The molecule has 1 aromatic rings. The number of benzene rings is 1. The van der Waals surface area contributed by atoms with Gasteiger partial charge in [-0.1, -0.05) is 71.4 Å². The molecule has 9 heteroatoms. The van der Waals surface area contributed by atoms with E-state index in [1.807, 2.05) is 56.1 Å². The van der Waals surface area contributed by atoms with Crippen LogP contribution in [0.4, 0.5) is 0 Å². The van der Waals surface area contributed by atoms with Crippen LogP contribution < -0.4 is 5.32 Å². The Morgan fingerprint density at radius 1 is 1.07 bits per heavy atom. The van der Waals surface area contributed by atoms with Crippen molar-refractivity contribution in [3.8, 4) is 0 Å². The Labute approximate surface area is 246 Å². The molecule has 232 valence electrons. The smallest absolute Gasteiger partial charge is 0.225 e. The minimum Gasteiger partial charge on any atom is -0.387 e. The number of hydrogen-bond donors (Lipinski definition) is 2. The second-order valence-corrected chi connectivity index (χ2v) is 11.9. The Morgan fingerprint density at radius 3 is 2.29 bits per heavy atom. The molecule has 9 nitrogen and oxygen atoms in total. The van der Waals surface area contributed by atoms with Crippen molar-refractivity contribution in [1.82, 2.24) is 15.1 Å². The monoisotopic (exact) mass is 575 g/mol. The summed E-state index contributed by atoms with van der Waals surface area (Å²) in [7, 11) is 4.98. The minimum atomic E-state index is -0.812. The van der Waals surface area contributed by atoms with Gasteiger partial charge in [0.1, 0.15) is 0 Å². The first-order valence-corrected chi connectivity index (χ1v) is 15.1. The van der Waals surface area contributed by atoms with Crippen LogP contribution in [0.5, 0.6) is 0 Å². The van der Waals surface area contributed by atoms with Crippen molar-refractivity contribution in [2.75, 3.05) is 34.4 Å². The van der Waals surface area contributed by atoms with Crippen molar-refractivity contribution < 1.29 is 29.0 Å². The van der Waals surface area contributed by atoms with Gasteiger partial charge in [0.2, 0.25) is 17.7 Å². The van der Waals surface area contributed by atoms with Gasteiger partial charge >= 0.3 is 0 Å². The van der Waals surface area contributed by atoms with Crippen LogP contribution in [0.2, 0.25) is 0 Å². The highest BCUT2D eigenvalue weighted by molar-refractivity contribution is 5.80. The van der Waals surface area contributed by atoms with Crippen molar-refractivity contribution in [3.05, 3.63) is 35.9 Å². The summed E-state index contributed by atoms with van der Waals surface area (Å²) in [5.74, 6) is -0.399. The van der Waals surface area contributed by atoms with Crippen LogP contribution in [0, 0.1) is 17.8 Å². The summed E-state index contributed by atoms with van der Waals surface area (Å²) < 4.78 is 11.7. The molecular weight excluding hydrogens is 522 g/mol. The van der Waals surface area contributed by atoms with Crippen molar-refractivity contribution >= 4 is 17.7 Å². The van der Waals surface area contributed by atoms with Crippen LogP contribution in [-0.4, -0.2) is 91.3 Å². The quantitative estimate of drug-likeness (QED) is 0.310. The third-order valence-corrected chi connectivity index (χ3v) is 8.54. The first-order chi connectivity index (χ1) is 19.5. The molecule has 5 unspecified atom stereocenters. The molecule has 1 saturated heterocycles. The van der Waals surface area contributed by atoms with Crippen LogP contribution >= 0.6 is 0 Å². The van der Waals surface area contributed by atoms with Gasteiger partial charge in [-0.3, -0.25) is 14.4 Å². The van der Waals surface area contributed by atoms with E-state index in [2.05, 4.69) is 19.2 Å². The molecule has 7 atom stereocenters. The number of methoxy groups -OCH3 is 2. The van der Waals surface area contributed by atoms with Gasteiger partial charge in [0.25, 0.3) is 0 Å². The van der Waals surface area contributed by atoms with E-state index in [-0.39, 0.29) is 54.6 Å². The fourth-order valence-electron chi connectivity index (χ4n) is 5.97. The van der Waals surface area contributed by atoms with Gasteiger partial charge in [-0.25, -0.2) is 0 Å². The van der Waals surface area contributed by atoms with Crippen molar-refractivity contribution in [1.29, 1.82) is 0 Å². The number of aliphatic hydroxyl groups is 1. The molecule has 0 aliphatic carbocycles. The number of likely N-dealkylation sites (N-methyl/N-ethyl adjacent to an activating group) is 1. The van der Waals surface area contributed by atoms with Gasteiger partial charge in [0.15, 0.2) is 0 Å². The molecule has 1 aliphatic rings. The Balaban J connectivity index is 2.11. The van der Waals surface area contributed by atoms with Crippen LogP contribution in [0.1, 0.15) is 78.4 Å². The van der Waals surface area contributed by atoms with E-state index in [4.69, 9.17) is 9.47 Å². The van der Waals surface area contributed by atoms with E-state index in [9.17, 15) is 19.5 Å². The topological polar surface area (TPSA) is 108 Å². The molecule has 1 aliphatic heterocycles. The molecule has 2 rings (SSSR count). The maximum atomic E-state index is 13.7. The van der Waals surface area contributed by atoms with Gasteiger partial charge < -0.3 is 29.7 Å². The first-order valence-electron chi connectivity index (χ1n) is 15.1. The summed E-state index contributed by atoms with van der Waals surface area (Å²) in [6, 6.07) is 8.70. The Morgan fingerprint density at radius 2 is 1.73 bits per heavy atom. The van der Waals surface area contributed by atoms with E-state index in [1.54, 1.807) is 26.0 Å². The molecule has 1 aromatic carbocycles. The van der Waals surface area contributed by atoms with Gasteiger partial charge in [-0.2, -0.15) is 0 Å². The summed E-state index contributed by atoms with van der Waals surface area (Å²) in [4.78, 5) is 43.4. The molecular formula is C32H53N3O6. The zero-order valence-corrected chi connectivity index (χ0v) is 26.3. The van der Waals surface area contributed by atoms with Crippen LogP contribution in [0.3, 0.4) is 0 Å². The number of aliphatic hydroxyl groups excluding tert-OH is 1. The third kappa shape index (κ3) is 9.51. The largest absolute Gasteiger partial charge is 0.387 e. The summed E-state index contributed by atoms with van der Waals surface area (Å²) in [5.41, 5.74) is 0.733. The SMILES string of the molecule is CC[C@H](C)C(C(CC(=O)N1CCC[C@H]1C(OC)C(C)C(=O)NCC(O)c1ccccc1)OC)N(C)C(=O)CC(C)C. The molecule has 0 radical (unpaired) electrons. The van der Waals surface area contributed by atoms with Crippen LogP contribution in [0.25, 0.3) is 0 Å². The molecule has 41 heavy (non-hydrogen) atoms. The van der Waals surface area contributed by atoms with Gasteiger partial charge in [0.05, 0.1) is 42.7 Å². The first kappa shape index (κ1) is 34.7. The average molecular weight is 576 g/mol. The number of amides is 3. The number of nitrogens with one attached hydrogen (secondary N) is 1. The predicted octanol–water partition coefficient (Wildman–Crippen LogP) is 3.80. The Bertz CT molecular complexity index is 958. The number of hydrogen-bond acceptors (Lipinski definition) is 6. The van der Waals surface area contributed by atoms with Gasteiger partial charge in [0, 0.05) is 40.8 Å². The number of nitrogens with zero attached hydrogens (tertiary/aromatic N) is 2. The van der Waals surface area contributed by atoms with E-state index in [0.717, 1.165) is 24.8 Å². The average Bonchev–Trinajstić information content (AvgIpc) is 3.45. The zero-order valence-electron chi connectivity index (χ0n) is 26.3. The summed E-state index contributed by atoms with van der Waals surface area (Å²) >= 11 is 0. The van der Waals surface area contributed by atoms with Crippen LogP contribution in [0.15, 0.2) is 30.3 Å². The van der Waals surface area contributed by atoms with Crippen molar-refractivity contribution in [2.45, 2.75) is 97.1 Å². The maximum Gasteiger partial charge on any atom is 0.225 e. The fourth-order valence-corrected chi connectivity index (χ4v) is 5.97. The molecule has 0 aromatic heterocycles. The van der Waals surface area contributed by atoms with E-state index in [1.165, 1.54) is 0 Å². The molecule has 3 amide bonds. The molecule has 0 spiro atoms. The standard InChI is InChI=1S/C32H53N3O6/c1-9-22(4)30(34(6)28(37)18-21(2)3)27(40-7)19-29(38)35-17-13-16-25(35)31(41-8)23(5)32(39)33-20-26(36)24-14-11-10-12-15-24/h10-12,14-15,21-23,25-27,30-31,36H,9,13,16-20H2,1-8H3,(H,33,39)/t22-,23?,25-,26?,27?,30?,31?/m0/s1. The normalized spacial score (nSPS) is 19.8. The van der Waals surface area contributed by atoms with E-state index < -0.39 is 24.2 Å². The van der Waals surface area contributed by atoms with Gasteiger partial charge in [-0.05, 0) is 30.2 Å². The number of carbonyl (C=O) groups is 3. The summed E-state index contributed by atoms with van der Waals surface area (Å²) in [6.07, 6.45) is 1.21. The molecule has 0 saturated carbocycles. The molecule has 0 bridgehead atoms. The minimum absolute atomic E-state index is 0.0514. The predicted molar refractivity (Wildman–Crippen MR) is 160 cm³/mol. The van der Waals surface area contributed by atoms with Crippen molar-refractivity contribution in [2.24, 2.45) is 17.8 Å². The number of carbonyl (C=O) groups excluding carboxylic acids is 3. The lowest BCUT2D eigenvalue weighted by Gasteiger charge is -2.39. The second-order valence-electron chi connectivity index (χ2n) is 11.9. The lowest BCUT2D eigenvalue weighted by molar-refractivity contribution is -0.146. The summed E-state index contributed by atoms with van der Waals surface area (Å²) in [6.45, 7) is 10.7. The Hall–Kier alpha value is -2.49. The fraction of sp³-hybridized carbons (Fsp3) is 0.719. The second kappa shape index (κ2) is 16.8. The lowest BCUT2D eigenvalue weighted by Crippen LogP contribution is -2.53. The highest BCUT2D eigenvalue weighted by atomic mass is 16.5. The molecule has 1 heterocycles. The van der Waals surface area contributed by atoms with Crippen LogP contribution in [-0.2, 0) is 23.9 Å². The highest BCUT2D eigenvalue weighted by Crippen LogP contribution is 2.29. The van der Waals surface area contributed by atoms with Crippen molar-refractivity contribution in [3.63, 3.8) is 0 Å². The maximum absolute atomic E-state index is 13.7. The lowest BCUT2D eigenvalue weighted by atomic mass is 9.90. The number of ether oxygens (including phenoxy) is 2. The number of likely N-dealkylation sites (tertiary alicyclic amines) is 1. The molecule has 1 fully saturated rings. The number of rotatable bonds is 16.